The lowest BCUT2D eigenvalue weighted by molar-refractivity contribution is -0.0579. The number of hydrogen-bond donors (Lipinski definition) is 0. The summed E-state index contributed by atoms with van der Waals surface area (Å²) in [5.41, 5.74) is 3.99. The van der Waals surface area contributed by atoms with Gasteiger partial charge in [-0.3, -0.25) is 9.80 Å². The molecule has 32 heavy (non-hydrogen) atoms. The molecule has 0 saturated carbocycles. The molecule has 2 heterocycles. The molecular weight excluding hydrogens is 400 g/mol. The SMILES string of the molecule is [C-]#[N+]c1ccc(N2C(=O)N(c3ccc(C)cc3)C3(COC3)C2c2cccc([N+]#[C-])c2)cc1. The highest BCUT2D eigenvalue weighted by atomic mass is 16.5. The van der Waals surface area contributed by atoms with Gasteiger partial charge in [0.2, 0.25) is 0 Å². The van der Waals surface area contributed by atoms with E-state index in [-0.39, 0.29) is 12.1 Å². The van der Waals surface area contributed by atoms with E-state index in [4.69, 9.17) is 17.9 Å². The van der Waals surface area contributed by atoms with Crippen molar-refractivity contribution in [3.63, 3.8) is 0 Å². The van der Waals surface area contributed by atoms with Gasteiger partial charge in [-0.15, -0.1) is 0 Å². The number of ether oxygens (including phenoxy) is 1. The Balaban J connectivity index is 1.70. The van der Waals surface area contributed by atoms with E-state index < -0.39 is 5.54 Å². The lowest BCUT2D eigenvalue weighted by Crippen LogP contribution is -2.62. The zero-order valence-corrected chi connectivity index (χ0v) is 17.5. The van der Waals surface area contributed by atoms with Crippen molar-refractivity contribution in [3.8, 4) is 0 Å². The molecule has 5 rings (SSSR count). The lowest BCUT2D eigenvalue weighted by Gasteiger charge is -2.47. The standard InChI is InChI=1S/C26H20N4O2/c1-18-7-11-23(12-8-18)30-25(31)29(22-13-9-20(27-2)10-14-22)24(26(30)16-32-17-26)19-5-4-6-21(15-19)28-3/h4-15,24H,16-17H2,1H3. The van der Waals surface area contributed by atoms with E-state index >= 15 is 0 Å². The van der Waals surface area contributed by atoms with E-state index in [0.717, 1.165) is 16.8 Å². The summed E-state index contributed by atoms with van der Waals surface area (Å²) in [6.07, 6.45) is 0. The van der Waals surface area contributed by atoms with Crippen molar-refractivity contribution in [3.05, 3.63) is 107 Å². The third-order valence-corrected chi connectivity index (χ3v) is 6.18. The van der Waals surface area contributed by atoms with Crippen molar-refractivity contribution in [1.82, 2.24) is 0 Å². The van der Waals surface area contributed by atoms with Crippen molar-refractivity contribution in [2.24, 2.45) is 0 Å². The number of anilines is 2. The Bertz CT molecular complexity index is 1260. The highest BCUT2D eigenvalue weighted by Gasteiger charge is 2.62. The minimum Gasteiger partial charge on any atom is -0.376 e. The van der Waals surface area contributed by atoms with Gasteiger partial charge in [-0.2, -0.15) is 0 Å². The molecule has 2 amide bonds. The minimum atomic E-state index is -0.592. The monoisotopic (exact) mass is 420 g/mol. The van der Waals surface area contributed by atoms with Crippen LogP contribution in [0.1, 0.15) is 17.2 Å². The molecule has 1 atom stereocenters. The number of carbonyl (C=O) groups is 1. The maximum atomic E-state index is 14.0. The number of amides is 2. The number of aryl methyl sites for hydroxylation is 1. The van der Waals surface area contributed by atoms with Gasteiger partial charge in [-0.25, -0.2) is 14.5 Å². The Morgan fingerprint density at radius 1 is 0.906 bits per heavy atom. The summed E-state index contributed by atoms with van der Waals surface area (Å²) in [5, 5.41) is 0. The molecule has 0 N–H and O–H groups in total. The first-order chi connectivity index (χ1) is 15.6. The van der Waals surface area contributed by atoms with Gasteiger partial charge in [0.25, 0.3) is 0 Å². The summed E-state index contributed by atoms with van der Waals surface area (Å²) >= 11 is 0. The maximum absolute atomic E-state index is 14.0. The zero-order chi connectivity index (χ0) is 22.3. The minimum absolute atomic E-state index is 0.147. The summed E-state index contributed by atoms with van der Waals surface area (Å²) in [6.45, 7) is 17.5. The molecule has 2 aliphatic rings. The van der Waals surface area contributed by atoms with Crippen LogP contribution in [0.4, 0.5) is 27.5 Å². The summed E-state index contributed by atoms with van der Waals surface area (Å²) < 4.78 is 5.69. The summed E-state index contributed by atoms with van der Waals surface area (Å²) in [6, 6.07) is 21.9. The van der Waals surface area contributed by atoms with Gasteiger partial charge in [-0.05, 0) is 36.8 Å². The molecule has 1 unspecified atom stereocenters. The molecular formula is C26H20N4O2. The van der Waals surface area contributed by atoms with E-state index in [1.165, 1.54) is 0 Å². The molecule has 2 aliphatic heterocycles. The third-order valence-electron chi connectivity index (χ3n) is 6.18. The van der Waals surface area contributed by atoms with Crippen LogP contribution in [0.25, 0.3) is 9.69 Å². The Hall–Kier alpha value is -4.13. The molecule has 2 fully saturated rings. The molecule has 156 valence electrons. The molecule has 0 aliphatic carbocycles. The molecule has 3 aromatic carbocycles. The Morgan fingerprint density at radius 3 is 2.16 bits per heavy atom. The van der Waals surface area contributed by atoms with E-state index in [0.29, 0.717) is 30.3 Å². The highest BCUT2D eigenvalue weighted by Crippen LogP contribution is 2.51. The molecule has 0 radical (unpaired) electrons. The lowest BCUT2D eigenvalue weighted by atomic mass is 9.82. The Kier molecular flexibility index (Phi) is 4.66. The summed E-state index contributed by atoms with van der Waals surface area (Å²) in [4.78, 5) is 24.6. The van der Waals surface area contributed by atoms with Crippen LogP contribution in [0.3, 0.4) is 0 Å². The smallest absolute Gasteiger partial charge is 0.330 e. The molecule has 0 aromatic heterocycles. The van der Waals surface area contributed by atoms with Crippen LogP contribution in [0.15, 0.2) is 72.8 Å². The predicted octanol–water partition coefficient (Wildman–Crippen LogP) is 6.05. The van der Waals surface area contributed by atoms with Crippen molar-refractivity contribution in [1.29, 1.82) is 0 Å². The second-order valence-corrected chi connectivity index (χ2v) is 8.16. The van der Waals surface area contributed by atoms with E-state index in [1.54, 1.807) is 23.1 Å². The van der Waals surface area contributed by atoms with Gasteiger partial charge in [0, 0.05) is 11.4 Å². The molecule has 0 bridgehead atoms. The van der Waals surface area contributed by atoms with Crippen LogP contribution in [0, 0.1) is 20.1 Å². The fraction of sp³-hybridized carbons (Fsp3) is 0.192. The normalized spacial score (nSPS) is 18.8. The first-order valence-corrected chi connectivity index (χ1v) is 10.3. The first kappa shape index (κ1) is 19.8. The molecule has 1 spiro atoms. The van der Waals surface area contributed by atoms with Crippen molar-refractivity contribution in [2.45, 2.75) is 18.5 Å². The van der Waals surface area contributed by atoms with Gasteiger partial charge in [0.15, 0.2) is 11.4 Å². The summed E-state index contributed by atoms with van der Waals surface area (Å²) in [5.74, 6) is 0. The van der Waals surface area contributed by atoms with Gasteiger partial charge >= 0.3 is 6.03 Å². The molecule has 2 saturated heterocycles. The van der Waals surface area contributed by atoms with E-state index in [9.17, 15) is 4.79 Å². The van der Waals surface area contributed by atoms with E-state index in [1.807, 2.05) is 66.4 Å². The first-order valence-electron chi connectivity index (χ1n) is 10.3. The van der Waals surface area contributed by atoms with E-state index in [2.05, 4.69) is 9.69 Å². The number of benzene rings is 3. The largest absolute Gasteiger partial charge is 0.376 e. The number of carbonyl (C=O) groups excluding carboxylic acids is 1. The van der Waals surface area contributed by atoms with Crippen LogP contribution in [-0.2, 0) is 4.74 Å². The topological polar surface area (TPSA) is 41.5 Å². The zero-order valence-electron chi connectivity index (χ0n) is 17.5. The van der Waals surface area contributed by atoms with Crippen molar-refractivity contribution in [2.75, 3.05) is 23.0 Å². The van der Waals surface area contributed by atoms with Gasteiger partial charge in [0.1, 0.15) is 5.54 Å². The maximum Gasteiger partial charge on any atom is 0.330 e. The average Bonchev–Trinajstić information content (AvgIpc) is 3.09. The average molecular weight is 420 g/mol. The van der Waals surface area contributed by atoms with Crippen molar-refractivity contribution >= 4 is 28.8 Å². The summed E-state index contributed by atoms with van der Waals surface area (Å²) in [7, 11) is 0. The van der Waals surface area contributed by atoms with Crippen LogP contribution in [-0.4, -0.2) is 24.8 Å². The fourth-order valence-corrected chi connectivity index (χ4v) is 4.60. The second kappa shape index (κ2) is 7.53. The fourth-order valence-electron chi connectivity index (χ4n) is 4.60. The number of hydrogen-bond acceptors (Lipinski definition) is 2. The Labute approximate surface area is 186 Å². The molecule has 6 heteroatoms. The van der Waals surface area contributed by atoms with Crippen LogP contribution < -0.4 is 9.80 Å². The molecule has 3 aromatic rings. The van der Waals surface area contributed by atoms with Gasteiger partial charge < -0.3 is 4.74 Å². The van der Waals surface area contributed by atoms with Crippen LogP contribution in [0.2, 0.25) is 0 Å². The Morgan fingerprint density at radius 2 is 1.56 bits per heavy atom. The highest BCUT2D eigenvalue weighted by molar-refractivity contribution is 6.09. The number of urea groups is 1. The molecule has 6 nitrogen and oxygen atoms in total. The number of rotatable bonds is 3. The van der Waals surface area contributed by atoms with Gasteiger partial charge in [-0.1, -0.05) is 54.1 Å². The number of nitrogens with zero attached hydrogens (tertiary/aromatic N) is 4. The third kappa shape index (κ3) is 2.93. The van der Waals surface area contributed by atoms with Crippen LogP contribution >= 0.6 is 0 Å². The second-order valence-electron chi connectivity index (χ2n) is 8.16. The van der Waals surface area contributed by atoms with Crippen LogP contribution in [0.5, 0.6) is 0 Å². The van der Waals surface area contributed by atoms with Crippen molar-refractivity contribution < 1.29 is 9.53 Å². The predicted molar refractivity (Wildman–Crippen MR) is 123 cm³/mol. The van der Waals surface area contributed by atoms with Gasteiger partial charge in [0.05, 0.1) is 32.4 Å². The quantitative estimate of drug-likeness (QED) is 0.484.